The Balaban J connectivity index is 1.44. The average molecular weight is 304 g/mol. The van der Waals surface area contributed by atoms with E-state index in [-0.39, 0.29) is 5.91 Å². The third kappa shape index (κ3) is 2.64. The molecule has 0 N–H and O–H groups in total. The van der Waals surface area contributed by atoms with Gasteiger partial charge in [0.15, 0.2) is 0 Å². The third-order valence-corrected chi connectivity index (χ3v) is 5.31. The predicted octanol–water partition coefficient (Wildman–Crippen LogP) is 1.92. The summed E-state index contributed by atoms with van der Waals surface area (Å²) in [7, 11) is 0. The lowest BCUT2D eigenvalue weighted by atomic mass is 10.0. The van der Waals surface area contributed by atoms with Gasteiger partial charge in [-0.15, -0.1) is 10.2 Å². The number of carbonyl (C=O) groups is 1. The Bertz CT molecular complexity index is 554. The van der Waals surface area contributed by atoms with E-state index >= 15 is 0 Å². The molecule has 0 aromatic carbocycles. The molecular weight excluding hydrogens is 280 g/mol. The molecule has 6 heteroatoms. The van der Waals surface area contributed by atoms with Gasteiger partial charge in [0.25, 0.3) is 0 Å². The number of rotatable bonds is 4. The molecule has 3 fully saturated rings. The number of hydrogen-bond acceptors (Lipinski definition) is 5. The highest BCUT2D eigenvalue weighted by Gasteiger charge is 2.39. The predicted molar refractivity (Wildman–Crippen MR) is 80.1 cm³/mol. The molecule has 4 rings (SSSR count). The molecule has 1 aromatic heterocycles. The molecular formula is C16H24N4O2. The number of amides is 1. The molecule has 3 heterocycles. The van der Waals surface area contributed by atoms with Crippen molar-refractivity contribution in [2.24, 2.45) is 0 Å². The highest BCUT2D eigenvalue weighted by Crippen LogP contribution is 2.39. The monoisotopic (exact) mass is 304 g/mol. The Morgan fingerprint density at radius 3 is 2.68 bits per heavy atom. The van der Waals surface area contributed by atoms with E-state index in [1.54, 1.807) is 6.92 Å². The molecule has 2 atom stereocenters. The fourth-order valence-electron chi connectivity index (χ4n) is 4.07. The van der Waals surface area contributed by atoms with Crippen LogP contribution in [0.2, 0.25) is 0 Å². The van der Waals surface area contributed by atoms with Gasteiger partial charge < -0.3 is 9.32 Å². The van der Waals surface area contributed by atoms with E-state index in [4.69, 9.17) is 4.42 Å². The maximum atomic E-state index is 11.8. The molecule has 1 aromatic rings. The Labute approximate surface area is 130 Å². The first-order valence-electron chi connectivity index (χ1n) is 8.56. The maximum absolute atomic E-state index is 11.8. The van der Waals surface area contributed by atoms with Crippen molar-refractivity contribution < 1.29 is 9.21 Å². The first-order valence-corrected chi connectivity index (χ1v) is 8.56. The minimum atomic E-state index is 0.211. The van der Waals surface area contributed by atoms with E-state index in [2.05, 4.69) is 20.0 Å². The molecule has 22 heavy (non-hydrogen) atoms. The van der Waals surface area contributed by atoms with Crippen LogP contribution in [0.4, 0.5) is 0 Å². The van der Waals surface area contributed by atoms with Gasteiger partial charge in [-0.25, -0.2) is 0 Å². The van der Waals surface area contributed by atoms with Gasteiger partial charge >= 0.3 is 0 Å². The minimum absolute atomic E-state index is 0.211. The van der Waals surface area contributed by atoms with Crippen molar-refractivity contribution in [3.05, 3.63) is 11.8 Å². The summed E-state index contributed by atoms with van der Waals surface area (Å²) in [6.45, 7) is 4.40. The maximum Gasteiger partial charge on any atom is 0.230 e. The zero-order valence-electron chi connectivity index (χ0n) is 13.2. The molecule has 0 unspecified atom stereocenters. The van der Waals surface area contributed by atoms with E-state index < -0.39 is 0 Å². The topological polar surface area (TPSA) is 62.5 Å². The van der Waals surface area contributed by atoms with E-state index in [0.717, 1.165) is 50.7 Å². The molecule has 3 aliphatic rings. The zero-order valence-corrected chi connectivity index (χ0v) is 13.2. The van der Waals surface area contributed by atoms with Crippen molar-refractivity contribution in [1.82, 2.24) is 20.0 Å². The summed E-state index contributed by atoms with van der Waals surface area (Å²) in [5.74, 6) is 2.28. The summed E-state index contributed by atoms with van der Waals surface area (Å²) < 4.78 is 5.81. The quantitative estimate of drug-likeness (QED) is 0.850. The molecule has 120 valence electrons. The van der Waals surface area contributed by atoms with Crippen molar-refractivity contribution in [2.45, 2.75) is 70.0 Å². The Kier molecular flexibility index (Phi) is 3.64. The largest absolute Gasteiger partial charge is 0.424 e. The van der Waals surface area contributed by atoms with Crippen LogP contribution >= 0.6 is 0 Å². The van der Waals surface area contributed by atoms with Crippen LogP contribution in [-0.2, 0) is 11.3 Å². The fourth-order valence-corrected chi connectivity index (χ4v) is 4.07. The minimum Gasteiger partial charge on any atom is -0.424 e. The van der Waals surface area contributed by atoms with Crippen LogP contribution in [0.5, 0.6) is 0 Å². The van der Waals surface area contributed by atoms with Gasteiger partial charge in [-0.2, -0.15) is 0 Å². The fraction of sp³-hybridized carbons (Fsp3) is 0.812. The smallest absolute Gasteiger partial charge is 0.230 e. The van der Waals surface area contributed by atoms with Crippen molar-refractivity contribution in [3.8, 4) is 0 Å². The van der Waals surface area contributed by atoms with Crippen LogP contribution in [0.15, 0.2) is 4.42 Å². The second-order valence-electron chi connectivity index (χ2n) is 6.91. The van der Waals surface area contributed by atoms with Crippen molar-refractivity contribution in [1.29, 1.82) is 0 Å². The van der Waals surface area contributed by atoms with Gasteiger partial charge in [-0.05, 0) is 45.1 Å². The van der Waals surface area contributed by atoms with Crippen LogP contribution < -0.4 is 0 Å². The third-order valence-electron chi connectivity index (χ3n) is 5.31. The van der Waals surface area contributed by atoms with Gasteiger partial charge in [0.05, 0.1) is 6.54 Å². The van der Waals surface area contributed by atoms with E-state index in [1.165, 1.54) is 19.3 Å². The molecule has 6 nitrogen and oxygen atoms in total. The molecule has 2 saturated heterocycles. The Morgan fingerprint density at radius 1 is 1.14 bits per heavy atom. The van der Waals surface area contributed by atoms with Crippen molar-refractivity contribution in [2.75, 3.05) is 13.1 Å². The first kappa shape index (κ1) is 14.2. The van der Waals surface area contributed by atoms with E-state index in [1.807, 2.05) is 0 Å². The molecule has 1 saturated carbocycles. The SMILES string of the molecule is CC(=O)N1CCC[C@@H]1[C@@H]1CCCN1Cc1nnc(C2CC2)o1. The van der Waals surface area contributed by atoms with Crippen LogP contribution in [-0.4, -0.2) is 51.1 Å². The molecule has 0 radical (unpaired) electrons. The highest BCUT2D eigenvalue weighted by atomic mass is 16.4. The zero-order chi connectivity index (χ0) is 15.1. The van der Waals surface area contributed by atoms with Gasteiger partial charge in [0, 0.05) is 31.5 Å². The van der Waals surface area contributed by atoms with Gasteiger partial charge in [-0.1, -0.05) is 0 Å². The number of hydrogen-bond donors (Lipinski definition) is 0. The molecule has 0 spiro atoms. The van der Waals surface area contributed by atoms with E-state index in [0.29, 0.717) is 18.0 Å². The Morgan fingerprint density at radius 2 is 1.91 bits per heavy atom. The van der Waals surface area contributed by atoms with Crippen LogP contribution in [0, 0.1) is 0 Å². The van der Waals surface area contributed by atoms with Crippen LogP contribution in [0.3, 0.4) is 0 Å². The molecule has 1 aliphatic carbocycles. The van der Waals surface area contributed by atoms with Crippen molar-refractivity contribution >= 4 is 5.91 Å². The number of carbonyl (C=O) groups excluding carboxylic acids is 1. The summed E-state index contributed by atoms with van der Waals surface area (Å²) in [6, 6.07) is 0.813. The van der Waals surface area contributed by atoms with Gasteiger partial charge in [0.2, 0.25) is 17.7 Å². The molecule has 2 aliphatic heterocycles. The summed E-state index contributed by atoms with van der Waals surface area (Å²) in [6.07, 6.45) is 6.97. The summed E-state index contributed by atoms with van der Waals surface area (Å²) in [5.41, 5.74) is 0. The molecule has 0 bridgehead atoms. The summed E-state index contributed by atoms with van der Waals surface area (Å²) >= 11 is 0. The molecule has 1 amide bonds. The van der Waals surface area contributed by atoms with Gasteiger partial charge in [0.1, 0.15) is 0 Å². The first-order chi connectivity index (χ1) is 10.7. The average Bonchev–Trinajstić information content (AvgIpc) is 2.94. The second kappa shape index (κ2) is 5.65. The second-order valence-corrected chi connectivity index (χ2v) is 6.91. The van der Waals surface area contributed by atoms with E-state index in [9.17, 15) is 4.79 Å². The Hall–Kier alpha value is -1.43. The lowest BCUT2D eigenvalue weighted by molar-refractivity contribution is -0.130. The standard InChI is InChI=1S/C16H24N4O2/c1-11(21)20-9-3-5-14(20)13-4-2-8-19(13)10-15-17-18-16(22-15)12-6-7-12/h12-14H,2-10H2,1H3/t13-,14+/m0/s1. The normalized spacial score (nSPS) is 29.4. The highest BCUT2D eigenvalue weighted by molar-refractivity contribution is 5.74. The summed E-state index contributed by atoms with van der Waals surface area (Å²) in [4.78, 5) is 16.3. The lowest BCUT2D eigenvalue weighted by Crippen LogP contribution is -2.47. The number of nitrogens with zero attached hydrogens (tertiary/aromatic N) is 4. The number of likely N-dealkylation sites (tertiary alicyclic amines) is 2. The summed E-state index contributed by atoms with van der Waals surface area (Å²) in [5, 5.41) is 8.40. The van der Waals surface area contributed by atoms with Gasteiger partial charge in [-0.3, -0.25) is 9.69 Å². The van der Waals surface area contributed by atoms with Crippen LogP contribution in [0.1, 0.15) is 63.1 Å². The van der Waals surface area contributed by atoms with Crippen molar-refractivity contribution in [3.63, 3.8) is 0 Å². The number of aromatic nitrogens is 2. The van der Waals surface area contributed by atoms with Crippen LogP contribution in [0.25, 0.3) is 0 Å². The lowest BCUT2D eigenvalue weighted by Gasteiger charge is -2.34.